The summed E-state index contributed by atoms with van der Waals surface area (Å²) in [5.74, 6) is -0.281. The molecular weight excluding hydrogens is 279 g/mol. The van der Waals surface area contributed by atoms with Crippen LogP contribution in [0.5, 0.6) is 0 Å². The zero-order chi connectivity index (χ0) is 14.9. The average Bonchev–Trinajstić information content (AvgIpc) is 2.83. The third kappa shape index (κ3) is 2.81. The van der Waals surface area contributed by atoms with Crippen molar-refractivity contribution in [2.45, 2.75) is 26.7 Å². The summed E-state index contributed by atoms with van der Waals surface area (Å²) in [7, 11) is 0. The molecule has 1 saturated heterocycles. The number of halogens is 2. The molecule has 1 atom stereocenters. The van der Waals surface area contributed by atoms with Crippen LogP contribution < -0.4 is 11.1 Å². The number of ketones is 1. The van der Waals surface area contributed by atoms with E-state index in [0.29, 0.717) is 18.0 Å². The quantitative estimate of drug-likeness (QED) is 0.662. The molecule has 110 valence electrons. The van der Waals surface area contributed by atoms with Gasteiger partial charge >= 0.3 is 0 Å². The molecule has 0 amide bonds. The highest BCUT2D eigenvalue weighted by atomic mass is 35.5. The van der Waals surface area contributed by atoms with E-state index < -0.39 is 11.2 Å². The predicted octanol–water partition coefficient (Wildman–Crippen LogP) is 3.27. The highest BCUT2D eigenvalue weighted by Crippen LogP contribution is 2.37. The fourth-order valence-electron chi connectivity index (χ4n) is 3.01. The van der Waals surface area contributed by atoms with E-state index in [1.165, 1.54) is 12.1 Å². The van der Waals surface area contributed by atoms with Gasteiger partial charge in [0.2, 0.25) is 0 Å². The molecule has 0 saturated carbocycles. The van der Waals surface area contributed by atoms with Crippen molar-refractivity contribution in [2.24, 2.45) is 11.3 Å². The molecule has 3 N–H and O–H groups in total. The first-order valence-electron chi connectivity index (χ1n) is 6.86. The summed E-state index contributed by atoms with van der Waals surface area (Å²) in [5, 5.41) is 3.33. The van der Waals surface area contributed by atoms with Crippen LogP contribution in [0.15, 0.2) is 12.1 Å². The number of carbonyl (C=O) groups excluding carboxylic acids is 1. The van der Waals surface area contributed by atoms with Gasteiger partial charge in [-0.25, -0.2) is 4.39 Å². The fourth-order valence-corrected chi connectivity index (χ4v) is 3.22. The highest BCUT2D eigenvalue weighted by Gasteiger charge is 2.42. The van der Waals surface area contributed by atoms with E-state index in [2.05, 4.69) is 19.2 Å². The second-order valence-corrected chi connectivity index (χ2v) is 6.39. The average molecular weight is 299 g/mol. The number of Topliss-reactive ketones (excluding diaryl/α,β-unsaturated/α-hetero) is 1. The first-order chi connectivity index (χ1) is 9.35. The lowest BCUT2D eigenvalue weighted by Crippen LogP contribution is -2.35. The Morgan fingerprint density at radius 2 is 2.25 bits per heavy atom. The summed E-state index contributed by atoms with van der Waals surface area (Å²) < 4.78 is 13.7. The molecule has 0 bridgehead atoms. The molecule has 3 nitrogen and oxygen atoms in total. The number of nitrogens with two attached hydrogens (primary N) is 1. The van der Waals surface area contributed by atoms with Crippen LogP contribution in [0.1, 0.15) is 37.0 Å². The Kier molecular flexibility index (Phi) is 4.35. The van der Waals surface area contributed by atoms with Crippen molar-refractivity contribution in [1.82, 2.24) is 5.32 Å². The molecule has 0 spiro atoms. The molecule has 1 aromatic carbocycles. The molecule has 1 aliphatic rings. The maximum Gasteiger partial charge on any atom is 0.170 e. The van der Waals surface area contributed by atoms with Gasteiger partial charge in [-0.15, -0.1) is 0 Å². The molecule has 1 fully saturated rings. The van der Waals surface area contributed by atoms with Gasteiger partial charge in [0.15, 0.2) is 5.78 Å². The summed E-state index contributed by atoms with van der Waals surface area (Å²) in [6, 6.07) is 2.67. The largest absolute Gasteiger partial charge is 0.395 e. The second-order valence-electron chi connectivity index (χ2n) is 5.99. The first-order valence-corrected chi connectivity index (χ1v) is 7.23. The topological polar surface area (TPSA) is 55.1 Å². The van der Waals surface area contributed by atoms with Gasteiger partial charge in [-0.3, -0.25) is 4.79 Å². The van der Waals surface area contributed by atoms with Crippen molar-refractivity contribution >= 4 is 23.1 Å². The molecule has 0 aliphatic carbocycles. The predicted molar refractivity (Wildman–Crippen MR) is 79.5 cm³/mol. The number of nitrogens with one attached hydrogen (secondary N) is 1. The molecule has 1 aromatic rings. The smallest absolute Gasteiger partial charge is 0.170 e. The minimum atomic E-state index is -0.633. The lowest BCUT2D eigenvalue weighted by atomic mass is 9.73. The number of carbonyl (C=O) groups is 1. The molecule has 1 aliphatic heterocycles. The Hall–Kier alpha value is -1.13. The zero-order valence-electron chi connectivity index (χ0n) is 11.8. The van der Waals surface area contributed by atoms with E-state index in [-0.39, 0.29) is 16.5 Å². The lowest BCUT2D eigenvalue weighted by molar-refractivity contribution is 0.0782. The van der Waals surface area contributed by atoms with Crippen LogP contribution in [0, 0.1) is 17.2 Å². The van der Waals surface area contributed by atoms with Crippen LogP contribution in [0.2, 0.25) is 5.02 Å². The molecule has 0 unspecified atom stereocenters. The maximum atomic E-state index is 13.7. The first kappa shape index (κ1) is 15.3. The number of hydrogen-bond donors (Lipinski definition) is 2. The van der Waals surface area contributed by atoms with Crippen LogP contribution in [-0.2, 0) is 0 Å². The zero-order valence-corrected chi connectivity index (χ0v) is 12.6. The van der Waals surface area contributed by atoms with Gasteiger partial charge in [-0.1, -0.05) is 25.4 Å². The van der Waals surface area contributed by atoms with Crippen molar-refractivity contribution < 1.29 is 9.18 Å². The van der Waals surface area contributed by atoms with E-state index in [9.17, 15) is 9.18 Å². The van der Waals surface area contributed by atoms with Gasteiger partial charge in [0, 0.05) is 17.5 Å². The van der Waals surface area contributed by atoms with Crippen molar-refractivity contribution in [3.8, 4) is 0 Å². The van der Waals surface area contributed by atoms with Gasteiger partial charge in [-0.2, -0.15) is 0 Å². The summed E-state index contributed by atoms with van der Waals surface area (Å²) in [6.07, 6.45) is 1.55. The van der Waals surface area contributed by atoms with E-state index in [1.807, 2.05) is 0 Å². The second kappa shape index (κ2) is 5.70. The molecule has 1 heterocycles. The van der Waals surface area contributed by atoms with E-state index in [1.54, 1.807) is 0 Å². The van der Waals surface area contributed by atoms with Gasteiger partial charge in [0.25, 0.3) is 0 Å². The summed E-state index contributed by atoms with van der Waals surface area (Å²) in [6.45, 7) is 5.62. The fraction of sp³-hybridized carbons (Fsp3) is 0.533. The third-order valence-corrected chi connectivity index (χ3v) is 4.18. The number of nitrogen functional groups attached to an aromatic ring is 1. The molecule has 5 heteroatoms. The monoisotopic (exact) mass is 298 g/mol. The summed E-state index contributed by atoms with van der Waals surface area (Å²) >= 11 is 5.89. The minimum Gasteiger partial charge on any atom is -0.395 e. The van der Waals surface area contributed by atoms with E-state index in [4.69, 9.17) is 17.3 Å². The maximum absolute atomic E-state index is 13.7. The van der Waals surface area contributed by atoms with Gasteiger partial charge in [0.05, 0.1) is 10.7 Å². The van der Waals surface area contributed by atoms with E-state index >= 15 is 0 Å². The molecule has 20 heavy (non-hydrogen) atoms. The van der Waals surface area contributed by atoms with Gasteiger partial charge < -0.3 is 11.1 Å². The van der Waals surface area contributed by atoms with Crippen molar-refractivity contribution in [3.63, 3.8) is 0 Å². The number of anilines is 1. The van der Waals surface area contributed by atoms with Crippen LogP contribution in [0.4, 0.5) is 10.1 Å². The minimum absolute atomic E-state index is 0.0444. The number of benzene rings is 1. The Labute approximate surface area is 123 Å². The molecular formula is C15H20ClFN2O. The van der Waals surface area contributed by atoms with Gasteiger partial charge in [0.1, 0.15) is 5.82 Å². The van der Waals surface area contributed by atoms with Crippen molar-refractivity contribution in [2.75, 3.05) is 18.8 Å². The Morgan fingerprint density at radius 1 is 1.55 bits per heavy atom. The molecule has 0 radical (unpaired) electrons. The van der Waals surface area contributed by atoms with Crippen molar-refractivity contribution in [1.29, 1.82) is 0 Å². The van der Waals surface area contributed by atoms with Crippen LogP contribution in [0.25, 0.3) is 0 Å². The highest BCUT2D eigenvalue weighted by molar-refractivity contribution is 6.33. The van der Waals surface area contributed by atoms with Gasteiger partial charge in [-0.05, 0) is 37.4 Å². The molecule has 2 rings (SSSR count). The Bertz CT molecular complexity index is 502. The third-order valence-electron chi connectivity index (χ3n) is 3.87. The van der Waals surface area contributed by atoms with Crippen LogP contribution in [0.3, 0.4) is 0 Å². The lowest BCUT2D eigenvalue weighted by Gasteiger charge is -2.28. The standard InChI is InChI=1S/C15H20ClFN2O/c1-9(2)7-15(3-4-19-8-15)14(20)10-5-11(16)13(18)12(17)6-10/h5-6,9,19H,3-4,7-8,18H2,1-2H3/t15-/m0/s1. The number of hydrogen-bond acceptors (Lipinski definition) is 3. The van der Waals surface area contributed by atoms with Crippen LogP contribution >= 0.6 is 11.6 Å². The van der Waals surface area contributed by atoms with E-state index in [0.717, 1.165) is 19.4 Å². The van der Waals surface area contributed by atoms with Crippen molar-refractivity contribution in [3.05, 3.63) is 28.5 Å². The summed E-state index contributed by atoms with van der Waals surface area (Å²) in [5.41, 5.74) is 5.23. The normalized spacial score (nSPS) is 22.4. The Morgan fingerprint density at radius 3 is 2.75 bits per heavy atom. The van der Waals surface area contributed by atoms with Crippen LogP contribution in [-0.4, -0.2) is 18.9 Å². The SMILES string of the molecule is CC(C)C[C@@]1(C(=O)c2cc(F)c(N)c(Cl)c2)CCNC1. The number of rotatable bonds is 4. The Balaban J connectivity index is 2.38. The molecule has 0 aromatic heterocycles. The summed E-state index contributed by atoms with van der Waals surface area (Å²) in [4.78, 5) is 12.8.